The van der Waals surface area contributed by atoms with E-state index in [1.807, 2.05) is 35.9 Å². The lowest BCUT2D eigenvalue weighted by molar-refractivity contribution is -0.140. The van der Waals surface area contributed by atoms with Crippen LogP contribution in [0.3, 0.4) is 0 Å². The van der Waals surface area contributed by atoms with E-state index in [-0.39, 0.29) is 24.5 Å². The Labute approximate surface area is 187 Å². The fraction of sp³-hybridized carbons (Fsp3) is 0.364. The lowest BCUT2D eigenvalue weighted by Crippen LogP contribution is -2.51. The number of aliphatic hydroxyl groups excluding tert-OH is 1. The van der Waals surface area contributed by atoms with E-state index < -0.39 is 18.0 Å². The van der Waals surface area contributed by atoms with Gasteiger partial charge in [0, 0.05) is 32.1 Å². The van der Waals surface area contributed by atoms with Crippen LogP contribution in [0.5, 0.6) is 0 Å². The zero-order chi connectivity index (χ0) is 23.3. The van der Waals surface area contributed by atoms with Gasteiger partial charge in [0.2, 0.25) is 0 Å². The molecule has 5 rings (SSSR count). The molecule has 1 unspecified atom stereocenters. The van der Waals surface area contributed by atoms with E-state index in [9.17, 15) is 18.3 Å². The van der Waals surface area contributed by atoms with E-state index >= 15 is 0 Å². The van der Waals surface area contributed by atoms with Crippen molar-refractivity contribution in [3.05, 3.63) is 53.7 Å². The van der Waals surface area contributed by atoms with Gasteiger partial charge in [-0.25, -0.2) is 4.98 Å². The van der Waals surface area contributed by atoms with Crippen molar-refractivity contribution >= 4 is 16.7 Å². The maximum absolute atomic E-state index is 13.6. The topological polar surface area (TPSA) is 95.8 Å². The number of anilines is 1. The molecular weight excluding hydrogens is 435 g/mol. The molecule has 1 atom stereocenters. The zero-order valence-electron chi connectivity index (χ0n) is 18.0. The molecule has 4 aromatic rings. The molecule has 1 aliphatic heterocycles. The van der Waals surface area contributed by atoms with Crippen LogP contribution >= 0.6 is 0 Å². The highest BCUT2D eigenvalue weighted by atomic mass is 19.4. The van der Waals surface area contributed by atoms with Crippen LogP contribution in [0.1, 0.15) is 29.9 Å². The molecule has 0 amide bonds. The summed E-state index contributed by atoms with van der Waals surface area (Å²) in [4.78, 5) is 5.61. The molecule has 3 aromatic heterocycles. The van der Waals surface area contributed by atoms with Crippen molar-refractivity contribution in [2.75, 3.05) is 18.0 Å². The first-order valence-electron chi connectivity index (χ1n) is 10.5. The molecule has 0 saturated carbocycles. The number of nitrogens with zero attached hydrogens (tertiary/aromatic N) is 6. The first-order valence-corrected chi connectivity index (χ1v) is 10.5. The molecular formula is C22H22F3N7O. The van der Waals surface area contributed by atoms with E-state index in [2.05, 4.69) is 32.3 Å². The Balaban J connectivity index is 1.55. The van der Waals surface area contributed by atoms with Gasteiger partial charge in [0.05, 0.1) is 11.8 Å². The first kappa shape index (κ1) is 21.4. The summed E-state index contributed by atoms with van der Waals surface area (Å²) in [6, 6.07) is 8.57. The SMILES string of the molecule is CC(Cc1nncn1C)c1cccc(-c2n[nH]c3c(N4CC(O)C4)cc(C(F)(F)F)nc23)c1. The summed E-state index contributed by atoms with van der Waals surface area (Å²) < 4.78 is 42.7. The smallest absolute Gasteiger partial charge is 0.389 e. The van der Waals surface area contributed by atoms with Gasteiger partial charge in [0.1, 0.15) is 34.6 Å². The van der Waals surface area contributed by atoms with Gasteiger partial charge in [0.25, 0.3) is 0 Å². The summed E-state index contributed by atoms with van der Waals surface area (Å²) in [7, 11) is 1.88. The van der Waals surface area contributed by atoms with Crippen LogP contribution in [0.15, 0.2) is 36.7 Å². The Kier molecular flexibility index (Phi) is 5.08. The third-order valence-corrected chi connectivity index (χ3v) is 6.02. The monoisotopic (exact) mass is 457 g/mol. The number of halogens is 3. The standard InChI is InChI=1S/C22H22F3N7O/c1-12(6-18-28-26-11-31(18)2)13-4-3-5-14(7-13)19-21-20(30-29-19)16(32-9-15(33)10-32)8-17(27-21)22(23,24)25/h3-5,7-8,11-12,15,33H,6,9-10H2,1-2H3,(H,29,30). The average molecular weight is 457 g/mol. The summed E-state index contributed by atoms with van der Waals surface area (Å²) in [5.74, 6) is 0.950. The molecule has 1 aliphatic rings. The van der Waals surface area contributed by atoms with Crippen LogP contribution in [-0.2, 0) is 19.6 Å². The Morgan fingerprint density at radius 1 is 1.24 bits per heavy atom. The molecule has 0 spiro atoms. The lowest BCUT2D eigenvalue weighted by Gasteiger charge is -2.38. The number of H-pyrrole nitrogens is 1. The van der Waals surface area contributed by atoms with Crippen molar-refractivity contribution < 1.29 is 18.3 Å². The Morgan fingerprint density at radius 2 is 2.03 bits per heavy atom. The lowest BCUT2D eigenvalue weighted by atomic mass is 9.95. The van der Waals surface area contributed by atoms with Crippen molar-refractivity contribution in [2.45, 2.75) is 31.5 Å². The summed E-state index contributed by atoms with van der Waals surface area (Å²) in [6.45, 7) is 2.59. The van der Waals surface area contributed by atoms with Crippen molar-refractivity contribution in [3.63, 3.8) is 0 Å². The Hall–Kier alpha value is -3.47. The van der Waals surface area contributed by atoms with E-state index in [1.54, 1.807) is 11.2 Å². The highest BCUT2D eigenvalue weighted by molar-refractivity contribution is 5.97. The van der Waals surface area contributed by atoms with Gasteiger partial charge in [-0.2, -0.15) is 18.3 Å². The number of hydrogen-bond donors (Lipinski definition) is 2. The van der Waals surface area contributed by atoms with Crippen molar-refractivity contribution in [2.24, 2.45) is 7.05 Å². The number of fused-ring (bicyclic) bond motifs is 1. The number of aliphatic hydroxyl groups is 1. The number of benzene rings is 1. The third kappa shape index (κ3) is 3.92. The van der Waals surface area contributed by atoms with Gasteiger partial charge in [-0.05, 0) is 23.6 Å². The second-order valence-corrected chi connectivity index (χ2v) is 8.47. The van der Waals surface area contributed by atoms with Gasteiger partial charge in [-0.3, -0.25) is 5.10 Å². The minimum Gasteiger partial charge on any atom is -0.389 e. The van der Waals surface area contributed by atoms with E-state index in [1.165, 1.54) is 0 Å². The van der Waals surface area contributed by atoms with Gasteiger partial charge in [-0.15, -0.1) is 10.2 Å². The van der Waals surface area contributed by atoms with E-state index in [0.29, 0.717) is 28.9 Å². The number of aryl methyl sites for hydroxylation is 1. The third-order valence-electron chi connectivity index (χ3n) is 6.02. The summed E-state index contributed by atoms with van der Waals surface area (Å²) in [6.07, 6.45) is -2.85. The maximum Gasteiger partial charge on any atom is 0.433 e. The van der Waals surface area contributed by atoms with Crippen LogP contribution in [0.2, 0.25) is 0 Å². The largest absolute Gasteiger partial charge is 0.433 e. The minimum atomic E-state index is -4.60. The van der Waals surface area contributed by atoms with Crippen molar-refractivity contribution in [1.82, 2.24) is 29.9 Å². The highest BCUT2D eigenvalue weighted by Crippen LogP contribution is 2.38. The van der Waals surface area contributed by atoms with E-state index in [0.717, 1.165) is 17.5 Å². The quantitative estimate of drug-likeness (QED) is 0.478. The number of nitrogens with one attached hydrogen (secondary N) is 1. The van der Waals surface area contributed by atoms with Gasteiger partial charge < -0.3 is 14.6 Å². The van der Waals surface area contributed by atoms with Gasteiger partial charge in [0.15, 0.2) is 0 Å². The van der Waals surface area contributed by atoms with Crippen molar-refractivity contribution in [3.8, 4) is 11.3 Å². The van der Waals surface area contributed by atoms with Crippen molar-refractivity contribution in [1.29, 1.82) is 0 Å². The van der Waals surface area contributed by atoms with Crippen LogP contribution < -0.4 is 4.90 Å². The number of aromatic nitrogens is 6. The summed E-state index contributed by atoms with van der Waals surface area (Å²) >= 11 is 0. The van der Waals surface area contributed by atoms with Gasteiger partial charge in [-0.1, -0.05) is 25.1 Å². The number of β-amino-alcohol motifs (C(OH)–C–C–N with tert-alkyl or cyclic N) is 1. The second-order valence-electron chi connectivity index (χ2n) is 8.47. The Morgan fingerprint density at radius 3 is 2.70 bits per heavy atom. The Bertz CT molecular complexity index is 1310. The van der Waals surface area contributed by atoms with Crippen LogP contribution in [0.25, 0.3) is 22.3 Å². The maximum atomic E-state index is 13.6. The number of hydrogen-bond acceptors (Lipinski definition) is 6. The predicted octanol–water partition coefficient (Wildman–Crippen LogP) is 3.30. The molecule has 0 radical (unpaired) electrons. The zero-order valence-corrected chi connectivity index (χ0v) is 18.0. The number of alkyl halides is 3. The molecule has 172 valence electrons. The van der Waals surface area contributed by atoms with Crippen LogP contribution in [0, 0.1) is 0 Å². The normalized spacial score (nSPS) is 15.8. The number of rotatable bonds is 5. The molecule has 1 fully saturated rings. The average Bonchev–Trinajstić information content (AvgIpc) is 3.36. The molecule has 0 aliphatic carbocycles. The molecule has 2 N–H and O–H groups in total. The molecule has 0 bridgehead atoms. The number of pyridine rings is 1. The first-order chi connectivity index (χ1) is 15.7. The fourth-order valence-electron chi connectivity index (χ4n) is 4.10. The van der Waals surface area contributed by atoms with Gasteiger partial charge >= 0.3 is 6.18 Å². The summed E-state index contributed by atoms with van der Waals surface area (Å²) in [5.41, 5.74) is 1.95. The van der Waals surface area contributed by atoms with Crippen LogP contribution in [-0.4, -0.2) is 54.2 Å². The molecule has 33 heavy (non-hydrogen) atoms. The van der Waals surface area contributed by atoms with Crippen LogP contribution in [0.4, 0.5) is 18.9 Å². The predicted molar refractivity (Wildman–Crippen MR) is 116 cm³/mol. The molecule has 1 saturated heterocycles. The summed E-state index contributed by atoms with van der Waals surface area (Å²) in [5, 5.41) is 24.9. The number of aromatic amines is 1. The molecule has 4 heterocycles. The minimum absolute atomic E-state index is 0.106. The fourth-order valence-corrected chi connectivity index (χ4v) is 4.10. The second kappa shape index (κ2) is 7.84. The highest BCUT2D eigenvalue weighted by Gasteiger charge is 2.36. The van der Waals surface area contributed by atoms with E-state index in [4.69, 9.17) is 0 Å². The molecule has 8 nitrogen and oxygen atoms in total. The molecule has 11 heteroatoms. The molecule has 1 aromatic carbocycles.